The molecule has 0 radical (unpaired) electrons. The van der Waals surface area contributed by atoms with Crippen molar-refractivity contribution in [3.8, 4) is 0 Å². The zero-order valence-electron chi connectivity index (χ0n) is 7.36. The summed E-state index contributed by atoms with van der Waals surface area (Å²) < 4.78 is 0. The first-order chi connectivity index (χ1) is 4.66. The van der Waals surface area contributed by atoms with Crippen molar-refractivity contribution < 1.29 is 0 Å². The van der Waals surface area contributed by atoms with Gasteiger partial charge in [-0.1, -0.05) is 20.8 Å². The standard InChI is InChI=1S/C9H19Cl/c1-8(2)7-9(3)5-4-6-10/h8-9H,4-7H2,1-3H3. The lowest BCUT2D eigenvalue weighted by atomic mass is 9.95. The Kier molecular flexibility index (Phi) is 6.20. The molecular formula is C9H19Cl. The Labute approximate surface area is 70.0 Å². The number of rotatable bonds is 5. The van der Waals surface area contributed by atoms with Crippen molar-refractivity contribution in [2.45, 2.75) is 40.0 Å². The van der Waals surface area contributed by atoms with Crippen molar-refractivity contribution in [2.24, 2.45) is 11.8 Å². The van der Waals surface area contributed by atoms with Crippen LogP contribution in [0.2, 0.25) is 0 Å². The highest BCUT2D eigenvalue weighted by molar-refractivity contribution is 6.17. The molecule has 0 aromatic rings. The maximum atomic E-state index is 5.58. The highest BCUT2D eigenvalue weighted by Gasteiger charge is 2.03. The van der Waals surface area contributed by atoms with E-state index in [1.54, 1.807) is 0 Å². The minimum absolute atomic E-state index is 0.822. The molecule has 0 aliphatic carbocycles. The summed E-state index contributed by atoms with van der Waals surface area (Å²) in [6, 6.07) is 0. The van der Waals surface area contributed by atoms with E-state index in [0.717, 1.165) is 17.7 Å². The molecule has 0 spiro atoms. The zero-order chi connectivity index (χ0) is 7.98. The fourth-order valence-corrected chi connectivity index (χ4v) is 1.50. The third-order valence-electron chi connectivity index (χ3n) is 1.70. The SMILES string of the molecule is CC(C)CC(C)CCCCl. The molecule has 62 valence electrons. The minimum atomic E-state index is 0.822. The van der Waals surface area contributed by atoms with Gasteiger partial charge < -0.3 is 0 Å². The smallest absolute Gasteiger partial charge is 0.0223 e. The van der Waals surface area contributed by atoms with Crippen LogP contribution in [-0.4, -0.2) is 5.88 Å². The van der Waals surface area contributed by atoms with Gasteiger partial charge in [-0.25, -0.2) is 0 Å². The molecule has 0 aliphatic rings. The molecule has 0 amide bonds. The van der Waals surface area contributed by atoms with Crippen LogP contribution in [0, 0.1) is 11.8 Å². The van der Waals surface area contributed by atoms with Crippen molar-refractivity contribution >= 4 is 11.6 Å². The van der Waals surface area contributed by atoms with Gasteiger partial charge in [-0.05, 0) is 31.1 Å². The molecule has 0 heterocycles. The number of hydrogen-bond acceptors (Lipinski definition) is 0. The maximum absolute atomic E-state index is 5.58. The molecule has 0 N–H and O–H groups in total. The Bertz CT molecular complexity index is 69.1. The molecule has 1 unspecified atom stereocenters. The first kappa shape index (κ1) is 10.3. The Morgan fingerprint density at radius 2 is 1.80 bits per heavy atom. The third kappa shape index (κ3) is 6.41. The lowest BCUT2D eigenvalue weighted by Gasteiger charge is -2.12. The highest BCUT2D eigenvalue weighted by atomic mass is 35.5. The van der Waals surface area contributed by atoms with Crippen molar-refractivity contribution in [1.29, 1.82) is 0 Å². The van der Waals surface area contributed by atoms with E-state index in [9.17, 15) is 0 Å². The summed E-state index contributed by atoms with van der Waals surface area (Å²) in [5.74, 6) is 2.52. The van der Waals surface area contributed by atoms with Crippen LogP contribution >= 0.6 is 11.6 Å². The molecular weight excluding hydrogens is 144 g/mol. The molecule has 0 aromatic carbocycles. The summed E-state index contributed by atoms with van der Waals surface area (Å²) in [4.78, 5) is 0. The Hall–Kier alpha value is 0.290. The Morgan fingerprint density at radius 3 is 2.20 bits per heavy atom. The number of hydrogen-bond donors (Lipinski definition) is 0. The molecule has 0 aromatic heterocycles. The molecule has 0 fully saturated rings. The summed E-state index contributed by atoms with van der Waals surface area (Å²) >= 11 is 5.58. The molecule has 1 heteroatoms. The van der Waals surface area contributed by atoms with Gasteiger partial charge in [0, 0.05) is 5.88 Å². The van der Waals surface area contributed by atoms with Gasteiger partial charge in [0.15, 0.2) is 0 Å². The van der Waals surface area contributed by atoms with Gasteiger partial charge in [0.2, 0.25) is 0 Å². The van der Waals surface area contributed by atoms with Gasteiger partial charge in [0.25, 0.3) is 0 Å². The van der Waals surface area contributed by atoms with Gasteiger partial charge in [-0.15, -0.1) is 11.6 Å². The Balaban J connectivity index is 3.16. The maximum Gasteiger partial charge on any atom is 0.0223 e. The third-order valence-corrected chi connectivity index (χ3v) is 1.97. The van der Waals surface area contributed by atoms with Gasteiger partial charge in [-0.2, -0.15) is 0 Å². The fraction of sp³-hybridized carbons (Fsp3) is 1.00. The number of halogens is 1. The predicted octanol–water partition coefficient (Wildman–Crippen LogP) is 3.69. The van der Waals surface area contributed by atoms with E-state index < -0.39 is 0 Å². The topological polar surface area (TPSA) is 0 Å². The van der Waals surface area contributed by atoms with E-state index >= 15 is 0 Å². The van der Waals surface area contributed by atoms with Crippen LogP contribution < -0.4 is 0 Å². The molecule has 0 rings (SSSR count). The summed E-state index contributed by atoms with van der Waals surface area (Å²) in [5, 5.41) is 0. The molecule has 0 nitrogen and oxygen atoms in total. The van der Waals surface area contributed by atoms with Gasteiger partial charge in [0.1, 0.15) is 0 Å². The second kappa shape index (κ2) is 6.03. The van der Waals surface area contributed by atoms with Crippen LogP contribution in [0.5, 0.6) is 0 Å². The normalized spacial score (nSPS) is 14.1. The van der Waals surface area contributed by atoms with Crippen molar-refractivity contribution in [3.63, 3.8) is 0 Å². The minimum Gasteiger partial charge on any atom is -0.127 e. The number of alkyl halides is 1. The lowest BCUT2D eigenvalue weighted by molar-refractivity contribution is 0.412. The van der Waals surface area contributed by atoms with Crippen LogP contribution in [0.1, 0.15) is 40.0 Å². The van der Waals surface area contributed by atoms with Gasteiger partial charge in [0.05, 0.1) is 0 Å². The largest absolute Gasteiger partial charge is 0.127 e. The summed E-state index contributed by atoms with van der Waals surface area (Å²) in [5.41, 5.74) is 0. The van der Waals surface area contributed by atoms with E-state index in [2.05, 4.69) is 20.8 Å². The molecule has 0 saturated carbocycles. The van der Waals surface area contributed by atoms with Gasteiger partial charge in [-0.3, -0.25) is 0 Å². The van der Waals surface area contributed by atoms with Crippen LogP contribution in [0.25, 0.3) is 0 Å². The van der Waals surface area contributed by atoms with E-state index in [-0.39, 0.29) is 0 Å². The van der Waals surface area contributed by atoms with Crippen molar-refractivity contribution in [3.05, 3.63) is 0 Å². The van der Waals surface area contributed by atoms with Crippen LogP contribution in [-0.2, 0) is 0 Å². The first-order valence-electron chi connectivity index (χ1n) is 4.22. The van der Waals surface area contributed by atoms with E-state index in [0.29, 0.717) is 0 Å². The Morgan fingerprint density at radius 1 is 1.20 bits per heavy atom. The summed E-state index contributed by atoms with van der Waals surface area (Å²) in [6.45, 7) is 6.86. The monoisotopic (exact) mass is 162 g/mol. The quantitative estimate of drug-likeness (QED) is 0.541. The molecule has 0 aliphatic heterocycles. The second-order valence-electron chi connectivity index (χ2n) is 3.57. The fourth-order valence-electron chi connectivity index (χ4n) is 1.35. The summed E-state index contributed by atoms with van der Waals surface area (Å²) in [6.07, 6.45) is 3.81. The average molecular weight is 163 g/mol. The zero-order valence-corrected chi connectivity index (χ0v) is 8.12. The van der Waals surface area contributed by atoms with Crippen LogP contribution in [0.3, 0.4) is 0 Å². The van der Waals surface area contributed by atoms with Crippen LogP contribution in [0.15, 0.2) is 0 Å². The van der Waals surface area contributed by atoms with E-state index in [1.165, 1.54) is 19.3 Å². The average Bonchev–Trinajstić information content (AvgIpc) is 1.82. The van der Waals surface area contributed by atoms with E-state index in [4.69, 9.17) is 11.6 Å². The molecule has 10 heavy (non-hydrogen) atoms. The first-order valence-corrected chi connectivity index (χ1v) is 4.76. The second-order valence-corrected chi connectivity index (χ2v) is 3.94. The highest BCUT2D eigenvalue weighted by Crippen LogP contribution is 2.16. The van der Waals surface area contributed by atoms with Crippen molar-refractivity contribution in [1.82, 2.24) is 0 Å². The summed E-state index contributed by atoms with van der Waals surface area (Å²) in [7, 11) is 0. The van der Waals surface area contributed by atoms with Crippen molar-refractivity contribution in [2.75, 3.05) is 5.88 Å². The van der Waals surface area contributed by atoms with E-state index in [1.807, 2.05) is 0 Å². The van der Waals surface area contributed by atoms with Gasteiger partial charge >= 0.3 is 0 Å². The molecule has 1 atom stereocenters. The lowest BCUT2D eigenvalue weighted by Crippen LogP contribution is -1.99. The van der Waals surface area contributed by atoms with Crippen LogP contribution in [0.4, 0.5) is 0 Å². The predicted molar refractivity (Wildman–Crippen MR) is 48.6 cm³/mol. The molecule has 0 bridgehead atoms. The molecule has 0 saturated heterocycles.